The first-order valence-corrected chi connectivity index (χ1v) is 7.23. The second kappa shape index (κ2) is 7.47. The van der Waals surface area contributed by atoms with Crippen LogP contribution in [0.15, 0.2) is 36.7 Å². The fraction of sp³-hybridized carbons (Fsp3) is 0.375. The van der Waals surface area contributed by atoms with E-state index in [2.05, 4.69) is 22.2 Å². The standard InChI is InChI=1S/C16H21N3O2/c1-3-12-6-5-7-13(10-12)21-11-15(20)19-14(4-2)16-17-8-9-18-16/h5-10,14H,3-4,11H2,1-2H3,(H,17,18)(H,19,20). The number of H-pyrrole nitrogens is 1. The lowest BCUT2D eigenvalue weighted by Crippen LogP contribution is -2.32. The summed E-state index contributed by atoms with van der Waals surface area (Å²) in [6, 6.07) is 7.67. The number of aromatic nitrogens is 2. The molecule has 1 amide bonds. The van der Waals surface area contributed by atoms with E-state index < -0.39 is 0 Å². The van der Waals surface area contributed by atoms with Crippen molar-refractivity contribution in [2.75, 3.05) is 6.61 Å². The molecule has 1 aromatic carbocycles. The minimum atomic E-state index is -0.153. The fourth-order valence-corrected chi connectivity index (χ4v) is 2.07. The number of hydrogen-bond acceptors (Lipinski definition) is 3. The number of rotatable bonds is 7. The molecule has 0 spiro atoms. The van der Waals surface area contributed by atoms with Crippen molar-refractivity contribution in [2.45, 2.75) is 32.7 Å². The summed E-state index contributed by atoms with van der Waals surface area (Å²) >= 11 is 0. The van der Waals surface area contributed by atoms with Gasteiger partial charge in [-0.2, -0.15) is 0 Å². The normalized spacial score (nSPS) is 11.9. The van der Waals surface area contributed by atoms with Crippen molar-refractivity contribution in [3.63, 3.8) is 0 Å². The minimum Gasteiger partial charge on any atom is -0.484 e. The van der Waals surface area contributed by atoms with Gasteiger partial charge in [0.15, 0.2) is 6.61 Å². The van der Waals surface area contributed by atoms with Crippen LogP contribution in [0.3, 0.4) is 0 Å². The Morgan fingerprint density at radius 3 is 2.95 bits per heavy atom. The third kappa shape index (κ3) is 4.34. The summed E-state index contributed by atoms with van der Waals surface area (Å²) in [5.41, 5.74) is 1.19. The van der Waals surface area contributed by atoms with Gasteiger partial charge in [0, 0.05) is 12.4 Å². The molecule has 0 aliphatic carbocycles. The molecule has 2 N–H and O–H groups in total. The highest BCUT2D eigenvalue weighted by Crippen LogP contribution is 2.14. The second-order valence-corrected chi connectivity index (χ2v) is 4.79. The van der Waals surface area contributed by atoms with Crippen LogP contribution in [0.25, 0.3) is 0 Å². The molecule has 1 heterocycles. The van der Waals surface area contributed by atoms with Crippen LogP contribution in [0.1, 0.15) is 37.7 Å². The van der Waals surface area contributed by atoms with E-state index >= 15 is 0 Å². The number of nitrogens with zero attached hydrogens (tertiary/aromatic N) is 1. The van der Waals surface area contributed by atoms with E-state index in [0.717, 1.165) is 24.4 Å². The molecular weight excluding hydrogens is 266 g/mol. The van der Waals surface area contributed by atoms with Gasteiger partial charge in [-0.15, -0.1) is 0 Å². The van der Waals surface area contributed by atoms with Crippen LogP contribution in [0.4, 0.5) is 0 Å². The summed E-state index contributed by atoms with van der Waals surface area (Å²) < 4.78 is 5.53. The highest BCUT2D eigenvalue weighted by molar-refractivity contribution is 5.77. The number of imidazole rings is 1. The summed E-state index contributed by atoms with van der Waals surface area (Å²) in [6.07, 6.45) is 5.14. The van der Waals surface area contributed by atoms with Gasteiger partial charge in [0.05, 0.1) is 6.04 Å². The van der Waals surface area contributed by atoms with E-state index in [1.165, 1.54) is 5.56 Å². The molecule has 21 heavy (non-hydrogen) atoms. The molecule has 0 fully saturated rings. The number of aromatic amines is 1. The molecule has 0 bridgehead atoms. The Balaban J connectivity index is 1.86. The molecule has 112 valence electrons. The number of ether oxygens (including phenoxy) is 1. The third-order valence-electron chi connectivity index (χ3n) is 3.27. The van der Waals surface area contributed by atoms with Crippen molar-refractivity contribution in [3.05, 3.63) is 48.0 Å². The van der Waals surface area contributed by atoms with Gasteiger partial charge >= 0.3 is 0 Å². The third-order valence-corrected chi connectivity index (χ3v) is 3.27. The largest absolute Gasteiger partial charge is 0.484 e. The average molecular weight is 287 g/mol. The second-order valence-electron chi connectivity index (χ2n) is 4.79. The van der Waals surface area contributed by atoms with Crippen molar-refractivity contribution in [2.24, 2.45) is 0 Å². The van der Waals surface area contributed by atoms with Crippen LogP contribution in [-0.2, 0) is 11.2 Å². The molecular formula is C16H21N3O2. The van der Waals surface area contributed by atoms with Gasteiger partial charge in [-0.05, 0) is 30.5 Å². The monoisotopic (exact) mass is 287 g/mol. The van der Waals surface area contributed by atoms with E-state index in [4.69, 9.17) is 4.74 Å². The van der Waals surface area contributed by atoms with Crippen molar-refractivity contribution < 1.29 is 9.53 Å². The topological polar surface area (TPSA) is 67.0 Å². The molecule has 1 aromatic heterocycles. The predicted octanol–water partition coefficient (Wildman–Crippen LogP) is 2.62. The first kappa shape index (κ1) is 15.1. The summed E-state index contributed by atoms with van der Waals surface area (Å²) in [5, 5.41) is 2.91. The Hall–Kier alpha value is -2.30. The van der Waals surface area contributed by atoms with Gasteiger partial charge in [0.1, 0.15) is 11.6 Å². The lowest BCUT2D eigenvalue weighted by atomic mass is 10.2. The maximum absolute atomic E-state index is 12.0. The van der Waals surface area contributed by atoms with Crippen LogP contribution in [0, 0.1) is 0 Å². The van der Waals surface area contributed by atoms with E-state index in [1.54, 1.807) is 12.4 Å². The molecule has 0 saturated heterocycles. The van der Waals surface area contributed by atoms with Crippen LogP contribution < -0.4 is 10.1 Å². The maximum atomic E-state index is 12.0. The number of carbonyl (C=O) groups is 1. The SMILES string of the molecule is CCc1cccc(OCC(=O)NC(CC)c2ncc[nH]2)c1. The zero-order valence-electron chi connectivity index (χ0n) is 12.4. The molecule has 0 radical (unpaired) electrons. The van der Waals surface area contributed by atoms with E-state index in [1.807, 2.05) is 31.2 Å². The highest BCUT2D eigenvalue weighted by atomic mass is 16.5. The van der Waals surface area contributed by atoms with Crippen molar-refractivity contribution in [1.82, 2.24) is 15.3 Å². The maximum Gasteiger partial charge on any atom is 0.258 e. The number of nitrogens with one attached hydrogen (secondary N) is 2. The van der Waals surface area contributed by atoms with Crippen LogP contribution in [-0.4, -0.2) is 22.5 Å². The van der Waals surface area contributed by atoms with E-state index in [9.17, 15) is 4.79 Å². The Labute approximate surface area is 124 Å². The highest BCUT2D eigenvalue weighted by Gasteiger charge is 2.14. The number of benzene rings is 1. The zero-order valence-corrected chi connectivity index (χ0v) is 12.4. The van der Waals surface area contributed by atoms with Crippen LogP contribution in [0.5, 0.6) is 5.75 Å². The predicted molar refractivity (Wildman–Crippen MR) is 81.1 cm³/mol. The van der Waals surface area contributed by atoms with Crippen molar-refractivity contribution in [1.29, 1.82) is 0 Å². The summed E-state index contributed by atoms with van der Waals surface area (Å²) in [7, 11) is 0. The smallest absolute Gasteiger partial charge is 0.258 e. The lowest BCUT2D eigenvalue weighted by Gasteiger charge is -2.15. The van der Waals surface area contributed by atoms with Crippen LogP contribution in [0.2, 0.25) is 0 Å². The molecule has 5 nitrogen and oxygen atoms in total. The average Bonchev–Trinajstić information content (AvgIpc) is 3.05. The Bertz CT molecular complexity index is 567. The number of hydrogen-bond donors (Lipinski definition) is 2. The quantitative estimate of drug-likeness (QED) is 0.822. The number of aryl methyl sites for hydroxylation is 1. The number of carbonyl (C=O) groups excluding carboxylic acids is 1. The molecule has 5 heteroatoms. The Kier molecular flexibility index (Phi) is 5.37. The molecule has 1 atom stereocenters. The summed E-state index contributed by atoms with van der Waals surface area (Å²) in [4.78, 5) is 19.1. The molecule has 0 saturated carbocycles. The Morgan fingerprint density at radius 2 is 2.29 bits per heavy atom. The summed E-state index contributed by atoms with van der Waals surface area (Å²) in [6.45, 7) is 4.09. The van der Waals surface area contributed by atoms with Gasteiger partial charge in [-0.25, -0.2) is 4.98 Å². The van der Waals surface area contributed by atoms with Gasteiger partial charge < -0.3 is 15.0 Å². The molecule has 0 aliphatic rings. The van der Waals surface area contributed by atoms with Gasteiger partial charge in [-0.1, -0.05) is 26.0 Å². The molecule has 0 aliphatic heterocycles. The molecule has 2 aromatic rings. The van der Waals surface area contributed by atoms with Crippen molar-refractivity contribution >= 4 is 5.91 Å². The zero-order chi connectivity index (χ0) is 15.1. The molecule has 2 rings (SSSR count). The minimum absolute atomic E-state index is 0.00434. The van der Waals surface area contributed by atoms with E-state index in [0.29, 0.717) is 0 Å². The first-order chi connectivity index (χ1) is 10.2. The van der Waals surface area contributed by atoms with E-state index in [-0.39, 0.29) is 18.6 Å². The Morgan fingerprint density at radius 1 is 1.43 bits per heavy atom. The summed E-state index contributed by atoms with van der Waals surface area (Å²) in [5.74, 6) is 1.33. The van der Waals surface area contributed by atoms with Gasteiger partial charge in [0.2, 0.25) is 0 Å². The van der Waals surface area contributed by atoms with Crippen LogP contribution >= 0.6 is 0 Å². The van der Waals surface area contributed by atoms with Crippen molar-refractivity contribution in [3.8, 4) is 5.75 Å². The van der Waals surface area contributed by atoms with Gasteiger partial charge in [0.25, 0.3) is 5.91 Å². The molecule has 1 unspecified atom stereocenters. The fourth-order valence-electron chi connectivity index (χ4n) is 2.07. The first-order valence-electron chi connectivity index (χ1n) is 7.23. The number of amides is 1. The lowest BCUT2D eigenvalue weighted by molar-refractivity contribution is -0.123. The van der Waals surface area contributed by atoms with Gasteiger partial charge in [-0.3, -0.25) is 4.79 Å².